The Balaban J connectivity index is 0. The van der Waals surface area contributed by atoms with Gasteiger partial charge >= 0.3 is 0 Å². The lowest BCUT2D eigenvalue weighted by Gasteiger charge is -2.26. The normalized spacial score (nSPS) is 38.6. The maximum absolute atomic E-state index is 5.44. The molecule has 2 fully saturated rings. The molecule has 0 aliphatic heterocycles. The van der Waals surface area contributed by atoms with Crippen LogP contribution in [0.4, 0.5) is 0 Å². The van der Waals surface area contributed by atoms with E-state index in [2.05, 4.69) is 31.9 Å². The highest BCUT2D eigenvalue weighted by molar-refractivity contribution is 9.09. The van der Waals surface area contributed by atoms with Gasteiger partial charge in [0.1, 0.15) is 0 Å². The van der Waals surface area contributed by atoms with Crippen molar-refractivity contribution in [3.8, 4) is 0 Å². The zero-order valence-electron chi connectivity index (χ0n) is 7.86. The minimum absolute atomic E-state index is 0. The van der Waals surface area contributed by atoms with E-state index in [0.29, 0.717) is 12.1 Å². The van der Waals surface area contributed by atoms with Crippen molar-refractivity contribution >= 4 is 56.7 Å². The predicted octanol–water partition coefficient (Wildman–Crippen LogP) is 2.59. The fourth-order valence-electron chi connectivity index (χ4n) is 1.18. The minimum atomic E-state index is 0. The summed E-state index contributed by atoms with van der Waals surface area (Å²) in [5, 5.41) is 0. The van der Waals surface area contributed by atoms with Crippen LogP contribution >= 0.6 is 56.7 Å². The lowest BCUT2D eigenvalue weighted by atomic mass is 9.94. The summed E-state index contributed by atoms with van der Waals surface area (Å²) >= 11 is 6.84. The average Bonchev–Trinajstić information content (AvgIpc) is 1.84. The molecule has 0 heterocycles. The van der Waals surface area contributed by atoms with Gasteiger partial charge in [0.25, 0.3) is 0 Å². The predicted molar refractivity (Wildman–Crippen MR) is 74.3 cm³/mol. The molecule has 0 unspecified atom stereocenters. The van der Waals surface area contributed by atoms with E-state index < -0.39 is 0 Å². The van der Waals surface area contributed by atoms with E-state index in [4.69, 9.17) is 11.5 Å². The number of hydrogen-bond acceptors (Lipinski definition) is 2. The minimum Gasteiger partial charge on any atom is -0.328 e. The molecule has 0 radical (unpaired) electrons. The third-order valence-corrected chi connectivity index (χ3v) is 3.73. The first-order valence-electron chi connectivity index (χ1n) is 4.37. The van der Waals surface area contributed by atoms with Crippen LogP contribution in [0.15, 0.2) is 0 Å². The van der Waals surface area contributed by atoms with Gasteiger partial charge in [-0.3, -0.25) is 0 Å². The van der Waals surface area contributed by atoms with Crippen molar-refractivity contribution in [1.82, 2.24) is 0 Å². The van der Waals surface area contributed by atoms with Gasteiger partial charge < -0.3 is 11.5 Å². The number of alkyl halides is 2. The van der Waals surface area contributed by atoms with E-state index in [0.717, 1.165) is 9.65 Å². The smallest absolute Gasteiger partial charge is 0.0175 e. The topological polar surface area (TPSA) is 52.0 Å². The Hall–Kier alpha value is 1.46. The molecule has 0 aromatic heterocycles. The second kappa shape index (κ2) is 8.59. The van der Waals surface area contributed by atoms with Gasteiger partial charge in [0, 0.05) is 21.7 Å². The standard InChI is InChI=1S/2C4H8BrN.2ClH/c2*5-3-1-4(6)2-3;;/h2*3-4H,1-2,6H2;2*1H. The van der Waals surface area contributed by atoms with Crippen LogP contribution in [0.3, 0.4) is 0 Å². The van der Waals surface area contributed by atoms with Crippen molar-refractivity contribution in [2.75, 3.05) is 0 Å². The molecular weight excluding hydrogens is 355 g/mol. The van der Waals surface area contributed by atoms with E-state index in [-0.39, 0.29) is 24.8 Å². The molecule has 0 amide bonds. The highest BCUT2D eigenvalue weighted by Crippen LogP contribution is 2.25. The van der Waals surface area contributed by atoms with Crippen molar-refractivity contribution < 1.29 is 0 Å². The van der Waals surface area contributed by atoms with Gasteiger partial charge in [0.15, 0.2) is 0 Å². The maximum atomic E-state index is 5.44. The van der Waals surface area contributed by atoms with Gasteiger partial charge in [-0.1, -0.05) is 31.9 Å². The third kappa shape index (κ3) is 6.85. The summed E-state index contributed by atoms with van der Waals surface area (Å²) in [6.07, 6.45) is 4.67. The number of nitrogens with two attached hydrogens (primary N) is 2. The molecule has 4 N–H and O–H groups in total. The number of rotatable bonds is 0. The summed E-state index contributed by atoms with van der Waals surface area (Å²) in [7, 11) is 0. The highest BCUT2D eigenvalue weighted by atomic mass is 79.9. The van der Waals surface area contributed by atoms with Crippen LogP contribution in [-0.4, -0.2) is 21.7 Å². The van der Waals surface area contributed by atoms with E-state index in [1.807, 2.05) is 0 Å². The Morgan fingerprint density at radius 2 is 0.929 bits per heavy atom. The first kappa shape index (κ1) is 17.8. The van der Waals surface area contributed by atoms with Crippen LogP contribution < -0.4 is 11.5 Å². The van der Waals surface area contributed by atoms with Crippen LogP contribution in [0.5, 0.6) is 0 Å². The van der Waals surface area contributed by atoms with E-state index in [9.17, 15) is 0 Å². The Morgan fingerprint density at radius 1 is 0.714 bits per heavy atom. The van der Waals surface area contributed by atoms with Crippen LogP contribution in [0.1, 0.15) is 25.7 Å². The Labute approximate surface area is 115 Å². The summed E-state index contributed by atoms with van der Waals surface area (Å²) in [5.41, 5.74) is 10.9. The Bertz CT molecular complexity index is 111. The molecule has 2 nitrogen and oxygen atoms in total. The summed E-state index contributed by atoms with van der Waals surface area (Å²) in [5.74, 6) is 0. The lowest BCUT2D eigenvalue weighted by Crippen LogP contribution is -2.36. The van der Waals surface area contributed by atoms with E-state index in [1.165, 1.54) is 25.7 Å². The quantitative estimate of drug-likeness (QED) is 0.642. The molecule has 6 heteroatoms. The van der Waals surface area contributed by atoms with Gasteiger partial charge in [-0.05, 0) is 25.7 Å². The van der Waals surface area contributed by atoms with Gasteiger partial charge in [-0.15, -0.1) is 24.8 Å². The monoisotopic (exact) mass is 370 g/mol. The molecule has 0 aromatic rings. The van der Waals surface area contributed by atoms with Crippen molar-refractivity contribution in [2.45, 2.75) is 47.4 Å². The molecule has 88 valence electrons. The van der Waals surface area contributed by atoms with Crippen molar-refractivity contribution in [1.29, 1.82) is 0 Å². The van der Waals surface area contributed by atoms with Crippen LogP contribution in [0.25, 0.3) is 0 Å². The maximum Gasteiger partial charge on any atom is 0.0175 e. The Kier molecular flexibility index (Phi) is 11.0. The molecule has 0 saturated heterocycles. The summed E-state index contributed by atoms with van der Waals surface area (Å²) in [4.78, 5) is 1.46. The summed E-state index contributed by atoms with van der Waals surface area (Å²) in [6.45, 7) is 0. The van der Waals surface area contributed by atoms with Crippen molar-refractivity contribution in [3.05, 3.63) is 0 Å². The van der Waals surface area contributed by atoms with Gasteiger partial charge in [0.05, 0.1) is 0 Å². The zero-order valence-corrected chi connectivity index (χ0v) is 12.7. The van der Waals surface area contributed by atoms with Crippen LogP contribution in [0.2, 0.25) is 0 Å². The second-order valence-electron chi connectivity index (χ2n) is 3.66. The molecule has 0 atom stereocenters. The molecule has 0 spiro atoms. The fourth-order valence-corrected chi connectivity index (χ4v) is 3.10. The van der Waals surface area contributed by atoms with Crippen molar-refractivity contribution in [2.24, 2.45) is 11.5 Å². The molecule has 0 aromatic carbocycles. The molecule has 2 aliphatic rings. The third-order valence-electron chi connectivity index (χ3n) is 2.23. The molecule has 2 rings (SSSR count). The number of halogens is 4. The first-order chi connectivity index (χ1) is 5.58. The van der Waals surface area contributed by atoms with Crippen LogP contribution in [0, 0.1) is 0 Å². The highest BCUT2D eigenvalue weighted by Gasteiger charge is 2.22. The average molecular weight is 373 g/mol. The van der Waals surface area contributed by atoms with E-state index in [1.54, 1.807) is 0 Å². The Morgan fingerprint density at radius 3 is 0.929 bits per heavy atom. The van der Waals surface area contributed by atoms with E-state index >= 15 is 0 Å². The number of hydrogen-bond donors (Lipinski definition) is 2. The van der Waals surface area contributed by atoms with Gasteiger partial charge in [0.2, 0.25) is 0 Å². The molecule has 0 bridgehead atoms. The summed E-state index contributed by atoms with van der Waals surface area (Å²) < 4.78 is 0. The second-order valence-corrected chi connectivity index (χ2v) is 6.25. The lowest BCUT2D eigenvalue weighted by molar-refractivity contribution is 0.439. The summed E-state index contributed by atoms with van der Waals surface area (Å²) in [6, 6.07) is 0.990. The van der Waals surface area contributed by atoms with Gasteiger partial charge in [-0.25, -0.2) is 0 Å². The zero-order chi connectivity index (χ0) is 9.14. The first-order valence-corrected chi connectivity index (χ1v) is 6.20. The van der Waals surface area contributed by atoms with Crippen molar-refractivity contribution in [3.63, 3.8) is 0 Å². The molecule has 2 saturated carbocycles. The molecule has 2 aliphatic carbocycles. The SMILES string of the molecule is Cl.Cl.NC1CC(Br)C1.NC1CC(Br)C1. The fraction of sp³-hybridized carbons (Fsp3) is 1.00. The molecule has 14 heavy (non-hydrogen) atoms. The van der Waals surface area contributed by atoms with Crippen LogP contribution in [-0.2, 0) is 0 Å². The van der Waals surface area contributed by atoms with Gasteiger partial charge in [-0.2, -0.15) is 0 Å². The largest absolute Gasteiger partial charge is 0.328 e. The molecular formula is C8H18Br2Cl2N2.